The van der Waals surface area contributed by atoms with E-state index in [-0.39, 0.29) is 75.0 Å². The van der Waals surface area contributed by atoms with Crippen molar-refractivity contribution in [2.24, 2.45) is 0 Å². The van der Waals surface area contributed by atoms with E-state index in [4.69, 9.17) is 0 Å². The predicted molar refractivity (Wildman–Crippen MR) is 21.9 cm³/mol. The first kappa shape index (κ1) is 15.9. The standard InChI is InChI=1S/BF4.Cs.H3N/c2-1(3,4)5;;/h;;1H3/q-1;;/p+1. The van der Waals surface area contributed by atoms with Gasteiger partial charge in [0.15, 0.2) is 0 Å². The van der Waals surface area contributed by atoms with Crippen molar-refractivity contribution in [2.45, 2.75) is 0 Å². The van der Waals surface area contributed by atoms with E-state index in [1.165, 1.54) is 0 Å². The van der Waals surface area contributed by atoms with E-state index in [9.17, 15) is 17.3 Å². The molecule has 0 rings (SSSR count). The smallest absolute Gasteiger partial charge is 0.418 e. The second-order valence-electron chi connectivity index (χ2n) is 0.495. The molecule has 0 aliphatic rings. The van der Waals surface area contributed by atoms with E-state index < -0.39 is 7.25 Å². The van der Waals surface area contributed by atoms with E-state index >= 15 is 0 Å². The Hall–Kier alpha value is 1.80. The van der Waals surface area contributed by atoms with Gasteiger partial charge in [-0.3, -0.25) is 0 Å². The summed E-state index contributed by atoms with van der Waals surface area (Å²) in [5.74, 6) is 0. The van der Waals surface area contributed by atoms with Crippen LogP contribution >= 0.6 is 0 Å². The van der Waals surface area contributed by atoms with Gasteiger partial charge in [0.1, 0.15) is 0 Å². The van der Waals surface area contributed by atoms with Gasteiger partial charge >= 0.3 is 7.25 Å². The minimum Gasteiger partial charge on any atom is -0.418 e. The fraction of sp³-hybridized carbons (Fsp3) is 0. The fourth-order valence-electron chi connectivity index (χ4n) is 0. The van der Waals surface area contributed by atoms with Crippen molar-refractivity contribution < 1.29 is 17.3 Å². The molecule has 0 saturated carbocycles. The van der Waals surface area contributed by atoms with Crippen molar-refractivity contribution in [3.05, 3.63) is 0 Å². The zero-order valence-corrected chi connectivity index (χ0v) is 10.4. The summed E-state index contributed by atoms with van der Waals surface area (Å²) in [4.78, 5) is 0. The Morgan fingerprint density at radius 2 is 0.857 bits per heavy atom. The van der Waals surface area contributed by atoms with E-state index in [0.717, 1.165) is 0 Å². The summed E-state index contributed by atoms with van der Waals surface area (Å²) in [7, 11) is -6.00. The first-order valence-electron chi connectivity index (χ1n) is 0.873. The minimum atomic E-state index is -6.00. The van der Waals surface area contributed by atoms with Crippen molar-refractivity contribution in [1.82, 2.24) is 6.15 Å². The van der Waals surface area contributed by atoms with E-state index in [1.807, 2.05) is 0 Å². The minimum absolute atomic E-state index is 0. The Bertz CT molecular complexity index is 27.2. The van der Waals surface area contributed by atoms with Crippen molar-refractivity contribution in [3.8, 4) is 0 Å². The first-order valence-corrected chi connectivity index (χ1v) is 0.873. The zero-order valence-electron chi connectivity index (χ0n) is 4.09. The third kappa shape index (κ3) is 81.1. The van der Waals surface area contributed by atoms with Crippen LogP contribution in [0.4, 0.5) is 17.3 Å². The Balaban J connectivity index is -0.0000000800. The van der Waals surface area contributed by atoms with Gasteiger partial charge in [0.05, 0.1) is 0 Å². The SMILES string of the molecule is F[B-](F)(F)F.[Cs].[NH4+]. The summed E-state index contributed by atoms with van der Waals surface area (Å²) in [5, 5.41) is 0. The van der Waals surface area contributed by atoms with Crippen LogP contribution in [-0.2, 0) is 0 Å². The Morgan fingerprint density at radius 1 is 0.857 bits per heavy atom. The molecule has 7 heteroatoms. The van der Waals surface area contributed by atoms with Gasteiger partial charge in [-0.15, -0.1) is 0 Å². The van der Waals surface area contributed by atoms with Crippen LogP contribution in [0.15, 0.2) is 0 Å². The van der Waals surface area contributed by atoms with Crippen molar-refractivity contribution >= 4 is 76.1 Å². The van der Waals surface area contributed by atoms with Crippen LogP contribution in [0.5, 0.6) is 0 Å². The molecule has 4 N–H and O–H groups in total. The summed E-state index contributed by atoms with van der Waals surface area (Å²) in [6.45, 7) is 0. The molecule has 0 bridgehead atoms. The quantitative estimate of drug-likeness (QED) is 0.487. The topological polar surface area (TPSA) is 36.5 Å². The van der Waals surface area contributed by atoms with Crippen LogP contribution in [0, 0.1) is 0 Å². The van der Waals surface area contributed by atoms with Gasteiger partial charge < -0.3 is 23.4 Å². The third-order valence-corrected chi connectivity index (χ3v) is 0. The molecule has 7 heavy (non-hydrogen) atoms. The molecule has 0 atom stereocenters. The van der Waals surface area contributed by atoms with Crippen molar-refractivity contribution in [3.63, 3.8) is 0 Å². The zero-order chi connectivity index (χ0) is 4.50. The van der Waals surface area contributed by atoms with E-state index in [1.54, 1.807) is 0 Å². The second-order valence-corrected chi connectivity index (χ2v) is 0.495. The van der Waals surface area contributed by atoms with Crippen LogP contribution < -0.4 is 6.15 Å². The monoisotopic (exact) mass is 238 g/mol. The Morgan fingerprint density at radius 3 is 0.857 bits per heavy atom. The molecule has 1 nitrogen and oxygen atoms in total. The summed E-state index contributed by atoms with van der Waals surface area (Å²) in [5.41, 5.74) is 0. The number of halogens is 4. The maximum absolute atomic E-state index is 9.75. The van der Waals surface area contributed by atoms with Crippen LogP contribution in [0.2, 0.25) is 0 Å². The van der Waals surface area contributed by atoms with Crippen LogP contribution in [0.3, 0.4) is 0 Å². The van der Waals surface area contributed by atoms with E-state index in [0.29, 0.717) is 0 Å². The molecule has 41 valence electrons. The average Bonchev–Trinajstić information content (AvgIpc) is 0.722. The van der Waals surface area contributed by atoms with E-state index in [2.05, 4.69) is 0 Å². The van der Waals surface area contributed by atoms with Gasteiger partial charge in [0, 0.05) is 68.9 Å². The summed E-state index contributed by atoms with van der Waals surface area (Å²) >= 11 is 0. The number of hydrogen-bond donors (Lipinski definition) is 1. The summed E-state index contributed by atoms with van der Waals surface area (Å²) < 4.78 is 39.0. The molecule has 0 aromatic heterocycles. The molecule has 0 heterocycles. The van der Waals surface area contributed by atoms with Crippen molar-refractivity contribution in [1.29, 1.82) is 0 Å². The predicted octanol–water partition coefficient (Wildman–Crippen LogP) is 1.30. The Kier molecular flexibility index (Phi) is 13.5. The fourth-order valence-corrected chi connectivity index (χ4v) is 0. The largest absolute Gasteiger partial charge is 0.673 e. The molecule has 0 spiro atoms. The maximum atomic E-state index is 9.75. The van der Waals surface area contributed by atoms with Crippen LogP contribution in [-0.4, -0.2) is 76.1 Å². The number of quaternary nitrogens is 1. The molecule has 0 saturated heterocycles. The molecule has 0 aliphatic carbocycles. The van der Waals surface area contributed by atoms with Gasteiger partial charge in [0.2, 0.25) is 0 Å². The van der Waals surface area contributed by atoms with Gasteiger partial charge in [0.25, 0.3) is 0 Å². The molecule has 0 amide bonds. The number of rotatable bonds is 0. The molecule has 0 fully saturated rings. The molecule has 0 aliphatic heterocycles. The van der Waals surface area contributed by atoms with Crippen LogP contribution in [0.1, 0.15) is 0 Å². The average molecular weight is 238 g/mol. The summed E-state index contributed by atoms with van der Waals surface area (Å²) in [6, 6.07) is 0. The third-order valence-electron chi connectivity index (χ3n) is 0. The Labute approximate surface area is 97.3 Å². The molecule has 0 unspecified atom stereocenters. The van der Waals surface area contributed by atoms with Gasteiger partial charge in [-0.1, -0.05) is 0 Å². The molecule has 1 radical (unpaired) electrons. The van der Waals surface area contributed by atoms with Crippen molar-refractivity contribution in [2.75, 3.05) is 0 Å². The molecular weight excluding hydrogens is 234 g/mol. The first-order chi connectivity index (χ1) is 2.00. The maximum Gasteiger partial charge on any atom is 0.673 e. The molecular formula is H4BCsF4N. The molecule has 0 aromatic rings. The van der Waals surface area contributed by atoms with Gasteiger partial charge in [-0.25, -0.2) is 0 Å². The van der Waals surface area contributed by atoms with Gasteiger partial charge in [-0.2, -0.15) is 0 Å². The number of hydrogen-bond acceptors (Lipinski definition) is 0. The summed E-state index contributed by atoms with van der Waals surface area (Å²) in [6.07, 6.45) is 0. The van der Waals surface area contributed by atoms with Crippen LogP contribution in [0.25, 0.3) is 0 Å². The van der Waals surface area contributed by atoms with Gasteiger partial charge in [-0.05, 0) is 0 Å². The molecule has 0 aromatic carbocycles. The normalized spacial score (nSPS) is 8.57. The second kappa shape index (κ2) is 5.93.